The fourth-order valence-corrected chi connectivity index (χ4v) is 5.03. The first-order valence-electron chi connectivity index (χ1n) is 12.5. The molecule has 0 N–H and O–H groups in total. The summed E-state index contributed by atoms with van der Waals surface area (Å²) in [5.74, 6) is -0.315. The highest BCUT2D eigenvalue weighted by atomic mass is 32.2. The molecule has 0 saturated heterocycles. The number of benzene rings is 3. The van der Waals surface area contributed by atoms with Crippen LogP contribution in [0.3, 0.4) is 0 Å². The number of ether oxygens (including phenoxy) is 1. The second-order valence-corrected chi connectivity index (χ2v) is 11.0. The number of sulfone groups is 1. The molecule has 194 valence electrons. The number of hydrogen-bond donors (Lipinski definition) is 0. The summed E-state index contributed by atoms with van der Waals surface area (Å²) >= 11 is 0. The van der Waals surface area contributed by atoms with Crippen molar-refractivity contribution < 1.29 is 17.9 Å². The van der Waals surface area contributed by atoms with Gasteiger partial charge in [0.05, 0.1) is 16.4 Å². The molecule has 0 aromatic heterocycles. The Morgan fingerprint density at radius 3 is 1.95 bits per heavy atom. The zero-order chi connectivity index (χ0) is 26.7. The molecule has 0 radical (unpaired) electrons. The summed E-state index contributed by atoms with van der Waals surface area (Å²) in [5, 5.41) is 0. The van der Waals surface area contributed by atoms with Gasteiger partial charge in [0.1, 0.15) is 0 Å². The van der Waals surface area contributed by atoms with E-state index in [-0.39, 0.29) is 10.9 Å². The van der Waals surface area contributed by atoms with Crippen molar-refractivity contribution in [3.8, 4) is 0 Å². The third kappa shape index (κ3) is 8.46. The first-order chi connectivity index (χ1) is 17.8. The molecule has 0 aliphatic heterocycles. The highest BCUT2D eigenvalue weighted by Crippen LogP contribution is 2.22. The van der Waals surface area contributed by atoms with E-state index >= 15 is 0 Å². The normalized spacial score (nSPS) is 11.4. The summed E-state index contributed by atoms with van der Waals surface area (Å²) in [6, 6.07) is 23.8. The molecule has 0 saturated carbocycles. The molecule has 0 aliphatic carbocycles. The Bertz CT molecular complexity index is 1300. The first-order valence-corrected chi connectivity index (χ1v) is 14.0. The van der Waals surface area contributed by atoms with Gasteiger partial charge < -0.3 is 9.64 Å². The molecule has 37 heavy (non-hydrogen) atoms. The topological polar surface area (TPSA) is 63.7 Å². The predicted octanol–water partition coefficient (Wildman–Crippen LogP) is 6.81. The van der Waals surface area contributed by atoms with Gasteiger partial charge in [-0.25, -0.2) is 13.2 Å². The zero-order valence-electron chi connectivity index (χ0n) is 21.6. The van der Waals surface area contributed by atoms with Crippen LogP contribution in [-0.4, -0.2) is 34.6 Å². The minimum Gasteiger partial charge on any atom is -0.462 e. The van der Waals surface area contributed by atoms with Crippen molar-refractivity contribution in [1.29, 1.82) is 0 Å². The standard InChI is InChI=1S/C31H35NO4S/c1-25(2)31(33)36-24-10-5-4-9-23-32(3)28-19-15-26(16-20-28)13-14-27-17-21-30(22-18-27)37(34,35)29-11-7-6-8-12-29/h6-8,11-22H,1,4-5,9-10,23-24H2,2-3H3/b14-13+. The second-order valence-electron chi connectivity index (χ2n) is 9.06. The average Bonchev–Trinajstić information content (AvgIpc) is 2.92. The highest BCUT2D eigenvalue weighted by molar-refractivity contribution is 7.91. The van der Waals surface area contributed by atoms with Gasteiger partial charge in [-0.3, -0.25) is 0 Å². The molecule has 3 aromatic carbocycles. The van der Waals surface area contributed by atoms with Gasteiger partial charge >= 0.3 is 5.97 Å². The zero-order valence-corrected chi connectivity index (χ0v) is 22.4. The lowest BCUT2D eigenvalue weighted by atomic mass is 10.1. The molecule has 0 heterocycles. The van der Waals surface area contributed by atoms with Crippen LogP contribution < -0.4 is 4.90 Å². The lowest BCUT2D eigenvalue weighted by Crippen LogP contribution is -2.18. The van der Waals surface area contributed by atoms with Crippen molar-refractivity contribution in [2.24, 2.45) is 0 Å². The molecule has 0 atom stereocenters. The maximum absolute atomic E-state index is 12.7. The molecule has 0 aliphatic rings. The van der Waals surface area contributed by atoms with Crippen LogP contribution in [0.2, 0.25) is 0 Å². The quantitative estimate of drug-likeness (QED) is 0.108. The Morgan fingerprint density at radius 1 is 0.811 bits per heavy atom. The second kappa shape index (κ2) is 13.6. The molecule has 0 bridgehead atoms. The summed E-state index contributed by atoms with van der Waals surface area (Å²) in [4.78, 5) is 14.2. The molecular weight excluding hydrogens is 482 g/mol. The molecule has 0 amide bonds. The third-order valence-corrected chi connectivity index (χ3v) is 7.80. The van der Waals surface area contributed by atoms with Gasteiger partial charge in [-0.2, -0.15) is 0 Å². The minimum atomic E-state index is -3.50. The SMILES string of the molecule is C=C(C)C(=O)OCCCCCCN(C)c1ccc(/C=C/c2ccc(S(=O)(=O)c3ccccc3)cc2)cc1. The maximum Gasteiger partial charge on any atom is 0.333 e. The van der Waals surface area contributed by atoms with Crippen molar-refractivity contribution in [2.45, 2.75) is 42.4 Å². The number of esters is 1. The number of unbranched alkanes of at least 4 members (excludes halogenated alkanes) is 3. The maximum atomic E-state index is 12.7. The van der Waals surface area contributed by atoms with E-state index in [1.807, 2.05) is 24.3 Å². The van der Waals surface area contributed by atoms with E-state index in [4.69, 9.17) is 4.74 Å². The number of carbonyl (C=O) groups is 1. The van der Waals surface area contributed by atoms with Crippen LogP contribution in [0.15, 0.2) is 101 Å². The molecule has 3 rings (SSSR count). The monoisotopic (exact) mass is 517 g/mol. The van der Waals surface area contributed by atoms with E-state index in [1.54, 1.807) is 49.4 Å². The summed E-state index contributed by atoms with van der Waals surface area (Å²) in [6.45, 7) is 6.64. The smallest absolute Gasteiger partial charge is 0.333 e. The van der Waals surface area contributed by atoms with Gasteiger partial charge in [0.15, 0.2) is 0 Å². The van der Waals surface area contributed by atoms with Gasteiger partial charge in [0, 0.05) is 24.9 Å². The van der Waals surface area contributed by atoms with Crippen LogP contribution >= 0.6 is 0 Å². The Balaban J connectivity index is 1.45. The molecular formula is C31H35NO4S. The fourth-order valence-electron chi connectivity index (χ4n) is 3.75. The van der Waals surface area contributed by atoms with Crippen molar-refractivity contribution in [3.63, 3.8) is 0 Å². The van der Waals surface area contributed by atoms with Crippen molar-refractivity contribution >= 4 is 33.6 Å². The summed E-state index contributed by atoms with van der Waals surface area (Å²) in [6.07, 6.45) is 8.05. The number of rotatable bonds is 13. The van der Waals surface area contributed by atoms with Gasteiger partial charge in [-0.15, -0.1) is 0 Å². The summed E-state index contributed by atoms with van der Waals surface area (Å²) in [5.41, 5.74) is 3.60. The Morgan fingerprint density at radius 2 is 1.35 bits per heavy atom. The van der Waals surface area contributed by atoms with Crippen LogP contribution in [0.25, 0.3) is 12.2 Å². The van der Waals surface area contributed by atoms with Crippen LogP contribution in [0.5, 0.6) is 0 Å². The lowest BCUT2D eigenvalue weighted by Gasteiger charge is -2.19. The fraction of sp³-hybridized carbons (Fsp3) is 0.258. The molecule has 0 unspecified atom stereocenters. The van der Waals surface area contributed by atoms with Gasteiger partial charge in [0.25, 0.3) is 0 Å². The Kier molecular flexibility index (Phi) is 10.3. The molecule has 5 nitrogen and oxygen atoms in total. The average molecular weight is 518 g/mol. The number of hydrogen-bond acceptors (Lipinski definition) is 5. The Hall–Kier alpha value is -3.64. The van der Waals surface area contributed by atoms with E-state index in [2.05, 4.69) is 42.8 Å². The Labute approximate surface area is 221 Å². The van der Waals surface area contributed by atoms with Crippen molar-refractivity contribution in [3.05, 3.63) is 102 Å². The van der Waals surface area contributed by atoms with Crippen LogP contribution in [0, 0.1) is 0 Å². The predicted molar refractivity (Wildman–Crippen MR) is 151 cm³/mol. The van der Waals surface area contributed by atoms with Crippen LogP contribution in [0.1, 0.15) is 43.7 Å². The highest BCUT2D eigenvalue weighted by Gasteiger charge is 2.16. The van der Waals surface area contributed by atoms with Crippen LogP contribution in [-0.2, 0) is 19.4 Å². The number of anilines is 1. The molecule has 6 heteroatoms. The van der Waals surface area contributed by atoms with E-state index < -0.39 is 9.84 Å². The van der Waals surface area contributed by atoms with Gasteiger partial charge in [0.2, 0.25) is 9.84 Å². The van der Waals surface area contributed by atoms with Crippen molar-refractivity contribution in [2.75, 3.05) is 25.1 Å². The third-order valence-electron chi connectivity index (χ3n) is 6.02. The van der Waals surface area contributed by atoms with Gasteiger partial charge in [-0.1, -0.05) is 67.6 Å². The molecule has 3 aromatic rings. The largest absolute Gasteiger partial charge is 0.462 e. The number of carbonyl (C=O) groups excluding carboxylic acids is 1. The van der Waals surface area contributed by atoms with Gasteiger partial charge in [-0.05, 0) is 73.7 Å². The summed E-state index contributed by atoms with van der Waals surface area (Å²) < 4.78 is 30.6. The minimum absolute atomic E-state index is 0.287. The van der Waals surface area contributed by atoms with E-state index in [1.165, 1.54) is 0 Å². The molecule has 0 fully saturated rings. The lowest BCUT2D eigenvalue weighted by molar-refractivity contribution is -0.139. The van der Waals surface area contributed by atoms with E-state index in [0.717, 1.165) is 49.0 Å². The van der Waals surface area contributed by atoms with E-state index in [9.17, 15) is 13.2 Å². The van der Waals surface area contributed by atoms with Crippen molar-refractivity contribution in [1.82, 2.24) is 0 Å². The van der Waals surface area contributed by atoms with E-state index in [0.29, 0.717) is 17.1 Å². The first kappa shape index (κ1) is 27.9. The number of nitrogens with zero attached hydrogens (tertiary/aromatic N) is 1. The van der Waals surface area contributed by atoms with Crippen LogP contribution in [0.4, 0.5) is 5.69 Å². The molecule has 0 spiro atoms. The summed E-state index contributed by atoms with van der Waals surface area (Å²) in [7, 11) is -1.42.